The molecule has 4 heterocycles. The van der Waals surface area contributed by atoms with Crippen molar-refractivity contribution in [3.63, 3.8) is 0 Å². The Kier molecular flexibility index (Phi) is 6.32. The molecule has 13 heteroatoms. The van der Waals surface area contributed by atoms with Crippen molar-refractivity contribution in [3.8, 4) is 10.6 Å². The molecule has 2 aromatic heterocycles. The van der Waals surface area contributed by atoms with E-state index in [1.165, 1.54) is 35.5 Å². The minimum Gasteiger partial charge on any atom is -0.465 e. The molecule has 1 aromatic carbocycles. The summed E-state index contributed by atoms with van der Waals surface area (Å²) in [6.07, 6.45) is -4.72. The molecule has 2 bridgehead atoms. The lowest BCUT2D eigenvalue weighted by molar-refractivity contribution is -0.226. The Morgan fingerprint density at radius 2 is 2.03 bits per heavy atom. The lowest BCUT2D eigenvalue weighted by Crippen LogP contribution is -2.55. The number of hydrogen-bond donors (Lipinski definition) is 1. The summed E-state index contributed by atoms with van der Waals surface area (Å²) in [6.45, 7) is 0.597. The first-order chi connectivity index (χ1) is 16.8. The highest BCUT2D eigenvalue weighted by molar-refractivity contribution is 7.13. The van der Waals surface area contributed by atoms with Crippen LogP contribution >= 0.6 is 11.3 Å². The second-order valence-electron chi connectivity index (χ2n) is 8.52. The zero-order valence-corrected chi connectivity index (χ0v) is 19.5. The van der Waals surface area contributed by atoms with Gasteiger partial charge in [0.1, 0.15) is 10.5 Å². The molecule has 35 heavy (non-hydrogen) atoms. The number of fused-ring (bicyclic) bond motifs is 3. The molecule has 0 radical (unpaired) electrons. The normalized spacial score (nSPS) is 21.1. The lowest BCUT2D eigenvalue weighted by atomic mass is 10.0. The Morgan fingerprint density at radius 3 is 2.63 bits per heavy atom. The Morgan fingerprint density at radius 1 is 1.29 bits per heavy atom. The third kappa shape index (κ3) is 4.55. The number of carboxylic acid groups (broad SMARTS) is 1. The topological polar surface area (TPSA) is 101 Å². The van der Waals surface area contributed by atoms with Crippen molar-refractivity contribution in [1.29, 1.82) is 0 Å². The van der Waals surface area contributed by atoms with E-state index in [0.717, 1.165) is 12.8 Å². The molecule has 1 amide bonds. The second-order valence-corrected chi connectivity index (χ2v) is 9.41. The maximum atomic E-state index is 13.9. The molecule has 2 aliphatic heterocycles. The summed E-state index contributed by atoms with van der Waals surface area (Å²) in [4.78, 5) is 23.7. The monoisotopic (exact) mass is 512 g/mol. The Labute approximate surface area is 202 Å². The van der Waals surface area contributed by atoms with Gasteiger partial charge in [0.2, 0.25) is 0 Å². The second kappa shape index (κ2) is 9.28. The molecule has 188 valence electrons. The van der Waals surface area contributed by atoms with Crippen LogP contribution in [0.25, 0.3) is 21.7 Å². The zero-order valence-electron chi connectivity index (χ0n) is 18.7. The molecular weight excluding hydrogens is 489 g/mol. The molecular formula is C22H23F3N4O5S. The Hall–Kier alpha value is -2.90. The van der Waals surface area contributed by atoms with Crippen molar-refractivity contribution in [2.24, 2.45) is 0 Å². The third-order valence-corrected chi connectivity index (χ3v) is 7.12. The number of aromatic nitrogens is 2. The van der Waals surface area contributed by atoms with Gasteiger partial charge in [0.05, 0.1) is 30.9 Å². The molecule has 3 atom stereocenters. The van der Waals surface area contributed by atoms with E-state index in [1.54, 1.807) is 11.6 Å². The van der Waals surface area contributed by atoms with Gasteiger partial charge in [0.25, 0.3) is 6.01 Å². The van der Waals surface area contributed by atoms with Crippen LogP contribution in [0.2, 0.25) is 0 Å². The average molecular weight is 513 g/mol. The van der Waals surface area contributed by atoms with E-state index in [4.69, 9.17) is 13.9 Å². The van der Waals surface area contributed by atoms with Crippen LogP contribution in [0.5, 0.6) is 0 Å². The van der Waals surface area contributed by atoms with Gasteiger partial charge >= 0.3 is 12.3 Å². The molecule has 0 spiro atoms. The van der Waals surface area contributed by atoms with Gasteiger partial charge in [-0.15, -0.1) is 11.3 Å². The first-order valence-electron chi connectivity index (χ1n) is 11.0. The quantitative estimate of drug-likeness (QED) is 0.460. The molecule has 2 saturated heterocycles. The van der Waals surface area contributed by atoms with Gasteiger partial charge in [-0.3, -0.25) is 4.90 Å². The first-order valence-corrected chi connectivity index (χ1v) is 11.9. The molecule has 0 saturated carbocycles. The van der Waals surface area contributed by atoms with Crippen LogP contribution in [0.15, 0.2) is 28.1 Å². The average Bonchev–Trinajstić information content (AvgIpc) is 3.53. The number of hydrogen-bond acceptors (Lipinski definition) is 8. The number of thiazole rings is 1. The van der Waals surface area contributed by atoms with Gasteiger partial charge in [-0.05, 0) is 30.5 Å². The lowest BCUT2D eigenvalue weighted by Gasteiger charge is -2.38. The van der Waals surface area contributed by atoms with Crippen LogP contribution in [0.1, 0.15) is 24.5 Å². The van der Waals surface area contributed by atoms with Crippen molar-refractivity contribution < 1.29 is 37.0 Å². The maximum Gasteiger partial charge on any atom is 0.418 e. The highest BCUT2D eigenvalue weighted by Crippen LogP contribution is 2.42. The van der Waals surface area contributed by atoms with Crippen molar-refractivity contribution in [3.05, 3.63) is 29.3 Å². The number of ether oxygens (including phenoxy) is 2. The van der Waals surface area contributed by atoms with Crippen LogP contribution in [0.3, 0.4) is 0 Å². The summed E-state index contributed by atoms with van der Waals surface area (Å²) in [5, 5.41) is 11.7. The number of oxazole rings is 1. The number of carbonyl (C=O) groups is 1. The van der Waals surface area contributed by atoms with Gasteiger partial charge in [-0.2, -0.15) is 18.2 Å². The number of benzene rings is 1. The number of piperazine rings is 1. The third-order valence-electron chi connectivity index (χ3n) is 6.31. The molecule has 9 nitrogen and oxygen atoms in total. The van der Waals surface area contributed by atoms with Crippen molar-refractivity contribution in [2.45, 2.75) is 37.2 Å². The van der Waals surface area contributed by atoms with Gasteiger partial charge in [0, 0.05) is 31.8 Å². The van der Waals surface area contributed by atoms with E-state index < -0.39 is 18.4 Å². The van der Waals surface area contributed by atoms with E-state index in [-0.39, 0.29) is 42.4 Å². The van der Waals surface area contributed by atoms with E-state index in [1.807, 2.05) is 4.90 Å². The van der Waals surface area contributed by atoms with E-state index in [2.05, 4.69) is 9.97 Å². The highest BCUT2D eigenvalue weighted by Gasteiger charge is 2.45. The first kappa shape index (κ1) is 23.8. The summed E-state index contributed by atoms with van der Waals surface area (Å²) in [5.41, 5.74) is 0.856. The zero-order chi connectivity index (χ0) is 24.7. The van der Waals surface area contributed by atoms with Crippen molar-refractivity contribution in [2.75, 3.05) is 38.3 Å². The van der Waals surface area contributed by atoms with Gasteiger partial charge in [-0.1, -0.05) is 0 Å². The minimum absolute atomic E-state index is 0.0208. The van der Waals surface area contributed by atoms with Gasteiger partial charge in [-0.25, -0.2) is 9.78 Å². The largest absolute Gasteiger partial charge is 0.465 e. The molecule has 2 aliphatic rings. The predicted octanol–water partition coefficient (Wildman–Crippen LogP) is 4.55. The standard InChI is InChI=1S/C22H23F3N4O5S/c1-32-5-6-33-18(22(23,24)25)12-8-15(19-26-4-7-35-19)17-16(9-12)27-20(34-17)28-10-13-2-3-14(11-28)29(13)21(30)31/h4,7-9,13-14,18H,2-3,5-6,10-11H2,1H3,(H,30,31). The number of alkyl halides is 3. The summed E-state index contributed by atoms with van der Waals surface area (Å²) < 4.78 is 57.8. The van der Waals surface area contributed by atoms with Crippen LogP contribution < -0.4 is 4.90 Å². The molecule has 3 unspecified atom stereocenters. The summed E-state index contributed by atoms with van der Waals surface area (Å²) in [7, 11) is 1.39. The summed E-state index contributed by atoms with van der Waals surface area (Å²) in [5.74, 6) is 0. The number of anilines is 1. The number of nitrogens with zero attached hydrogens (tertiary/aromatic N) is 4. The van der Waals surface area contributed by atoms with Gasteiger partial charge in [0.15, 0.2) is 11.7 Å². The van der Waals surface area contributed by atoms with Crippen molar-refractivity contribution >= 4 is 34.5 Å². The summed E-state index contributed by atoms with van der Waals surface area (Å²) >= 11 is 1.27. The fourth-order valence-corrected chi connectivity index (χ4v) is 5.50. The Bertz CT molecular complexity index is 1190. The molecule has 5 rings (SSSR count). The molecule has 2 fully saturated rings. The van der Waals surface area contributed by atoms with Gasteiger partial charge < -0.3 is 23.9 Å². The van der Waals surface area contributed by atoms with Crippen LogP contribution in [0.4, 0.5) is 24.0 Å². The number of amides is 1. The minimum atomic E-state index is -4.65. The molecule has 0 aliphatic carbocycles. The van der Waals surface area contributed by atoms with Crippen molar-refractivity contribution in [1.82, 2.24) is 14.9 Å². The molecule has 1 N–H and O–H groups in total. The SMILES string of the molecule is COCCOC(c1cc(-c2nccs2)c2oc(N3CC4CCC(C3)N4C(=O)O)nc2c1)C(F)(F)F. The van der Waals surface area contributed by atoms with Crippen LogP contribution in [0, 0.1) is 0 Å². The van der Waals surface area contributed by atoms with Crippen LogP contribution in [-0.4, -0.2) is 77.7 Å². The van der Waals surface area contributed by atoms with E-state index >= 15 is 0 Å². The van der Waals surface area contributed by atoms with E-state index in [9.17, 15) is 23.1 Å². The fraction of sp³-hybridized carbons (Fsp3) is 0.500. The fourth-order valence-electron chi connectivity index (χ4n) is 4.85. The number of rotatable bonds is 7. The predicted molar refractivity (Wildman–Crippen MR) is 121 cm³/mol. The Balaban J connectivity index is 1.54. The maximum absolute atomic E-state index is 13.9. The highest BCUT2D eigenvalue weighted by atomic mass is 32.1. The van der Waals surface area contributed by atoms with E-state index in [0.29, 0.717) is 29.2 Å². The van der Waals surface area contributed by atoms with Crippen LogP contribution in [-0.2, 0) is 9.47 Å². The number of methoxy groups -OCH3 is 1. The smallest absolute Gasteiger partial charge is 0.418 e. The number of halogens is 3. The molecule has 3 aromatic rings. The summed E-state index contributed by atoms with van der Waals surface area (Å²) in [6, 6.07) is 2.60.